The predicted molar refractivity (Wildman–Crippen MR) is 63.5 cm³/mol. The van der Waals surface area contributed by atoms with Gasteiger partial charge in [0.05, 0.1) is 6.10 Å². The quantitative estimate of drug-likeness (QED) is 0.702. The summed E-state index contributed by atoms with van der Waals surface area (Å²) >= 11 is 5.79. The van der Waals surface area contributed by atoms with E-state index in [0.717, 1.165) is 11.3 Å². The Bertz CT molecular complexity index is 305. The normalized spacial score (nSPS) is 17.7. The molecule has 2 rings (SSSR count). The summed E-state index contributed by atoms with van der Waals surface area (Å²) in [4.78, 5) is 0. The second-order valence-corrected chi connectivity index (χ2v) is 4.43. The molecule has 0 spiro atoms. The van der Waals surface area contributed by atoms with Crippen LogP contribution in [0, 0.1) is 0 Å². The SMILES string of the molecule is ClCc1cccc(OC2CCCCC2)c1. The third kappa shape index (κ3) is 3.13. The maximum absolute atomic E-state index is 5.94. The molecular formula is C13H17ClO. The van der Waals surface area contributed by atoms with E-state index in [2.05, 4.69) is 0 Å². The van der Waals surface area contributed by atoms with Crippen LogP contribution in [0.4, 0.5) is 0 Å². The zero-order chi connectivity index (χ0) is 10.5. The van der Waals surface area contributed by atoms with Crippen molar-refractivity contribution in [1.29, 1.82) is 0 Å². The first kappa shape index (κ1) is 10.8. The predicted octanol–water partition coefficient (Wildman–Crippen LogP) is 4.14. The van der Waals surface area contributed by atoms with E-state index in [1.54, 1.807) is 0 Å². The van der Waals surface area contributed by atoms with Gasteiger partial charge in [0.1, 0.15) is 5.75 Å². The Balaban J connectivity index is 1.96. The molecule has 0 aliphatic heterocycles. The summed E-state index contributed by atoms with van der Waals surface area (Å²) in [6.07, 6.45) is 6.79. The smallest absolute Gasteiger partial charge is 0.120 e. The number of hydrogen-bond acceptors (Lipinski definition) is 1. The van der Waals surface area contributed by atoms with Gasteiger partial charge in [0.15, 0.2) is 0 Å². The molecule has 82 valence electrons. The summed E-state index contributed by atoms with van der Waals surface area (Å²) in [5, 5.41) is 0. The number of rotatable bonds is 3. The van der Waals surface area contributed by atoms with Gasteiger partial charge in [-0.2, -0.15) is 0 Å². The van der Waals surface area contributed by atoms with Gasteiger partial charge in [-0.25, -0.2) is 0 Å². The molecule has 1 aliphatic carbocycles. The van der Waals surface area contributed by atoms with E-state index >= 15 is 0 Å². The number of alkyl halides is 1. The number of benzene rings is 1. The summed E-state index contributed by atoms with van der Waals surface area (Å²) in [5.74, 6) is 1.53. The van der Waals surface area contributed by atoms with E-state index in [0.29, 0.717) is 12.0 Å². The molecule has 0 radical (unpaired) electrons. The van der Waals surface area contributed by atoms with Crippen LogP contribution in [-0.4, -0.2) is 6.10 Å². The molecule has 0 unspecified atom stereocenters. The Morgan fingerprint density at radius 2 is 2.00 bits per heavy atom. The van der Waals surface area contributed by atoms with Crippen molar-refractivity contribution >= 4 is 11.6 Å². The highest BCUT2D eigenvalue weighted by atomic mass is 35.5. The zero-order valence-electron chi connectivity index (χ0n) is 8.92. The lowest BCUT2D eigenvalue weighted by Crippen LogP contribution is -2.19. The first-order valence-corrected chi connectivity index (χ1v) is 6.23. The minimum absolute atomic E-state index is 0.421. The highest BCUT2D eigenvalue weighted by Crippen LogP contribution is 2.24. The van der Waals surface area contributed by atoms with E-state index in [1.807, 2.05) is 24.3 Å². The van der Waals surface area contributed by atoms with Gasteiger partial charge >= 0.3 is 0 Å². The Hall–Kier alpha value is -0.690. The Kier molecular flexibility index (Phi) is 3.90. The van der Waals surface area contributed by atoms with Crippen LogP contribution in [0.3, 0.4) is 0 Å². The summed E-state index contributed by atoms with van der Waals surface area (Å²) < 4.78 is 5.94. The number of halogens is 1. The zero-order valence-corrected chi connectivity index (χ0v) is 9.67. The standard InChI is InChI=1S/C13H17ClO/c14-10-11-5-4-8-13(9-11)15-12-6-2-1-3-7-12/h4-5,8-9,12H,1-3,6-7,10H2. The molecule has 2 heteroatoms. The fourth-order valence-corrected chi connectivity index (χ4v) is 2.24. The third-order valence-corrected chi connectivity index (χ3v) is 3.22. The summed E-state index contributed by atoms with van der Waals surface area (Å²) in [7, 11) is 0. The van der Waals surface area contributed by atoms with E-state index in [9.17, 15) is 0 Å². The molecule has 15 heavy (non-hydrogen) atoms. The maximum atomic E-state index is 5.94. The molecule has 0 atom stereocenters. The second kappa shape index (κ2) is 5.41. The van der Waals surface area contributed by atoms with Crippen molar-refractivity contribution in [3.8, 4) is 5.75 Å². The van der Waals surface area contributed by atoms with Crippen LogP contribution in [-0.2, 0) is 5.88 Å². The average molecular weight is 225 g/mol. The van der Waals surface area contributed by atoms with Crippen LogP contribution >= 0.6 is 11.6 Å². The van der Waals surface area contributed by atoms with Gasteiger partial charge in [-0.05, 0) is 43.4 Å². The average Bonchev–Trinajstić information content (AvgIpc) is 2.31. The molecule has 1 aromatic rings. The molecule has 0 amide bonds. The van der Waals surface area contributed by atoms with Crippen LogP contribution in [0.5, 0.6) is 5.75 Å². The molecular weight excluding hydrogens is 208 g/mol. The van der Waals surface area contributed by atoms with Crippen molar-refractivity contribution in [1.82, 2.24) is 0 Å². The van der Waals surface area contributed by atoms with E-state index < -0.39 is 0 Å². The van der Waals surface area contributed by atoms with Crippen molar-refractivity contribution in [3.63, 3.8) is 0 Å². The fraction of sp³-hybridized carbons (Fsp3) is 0.538. The van der Waals surface area contributed by atoms with Gasteiger partial charge in [0, 0.05) is 5.88 Å². The molecule has 0 bridgehead atoms. The van der Waals surface area contributed by atoms with Crippen LogP contribution in [0.1, 0.15) is 37.7 Å². The maximum Gasteiger partial charge on any atom is 0.120 e. The summed E-state index contributed by atoms with van der Waals surface area (Å²) in [6.45, 7) is 0. The Labute approximate surface area is 96.4 Å². The molecule has 0 saturated heterocycles. The van der Waals surface area contributed by atoms with Crippen molar-refractivity contribution in [2.24, 2.45) is 0 Å². The Morgan fingerprint density at radius 3 is 2.73 bits per heavy atom. The molecule has 1 aliphatic rings. The molecule has 1 aromatic carbocycles. The lowest BCUT2D eigenvalue weighted by Gasteiger charge is -2.23. The molecule has 0 aromatic heterocycles. The van der Waals surface area contributed by atoms with E-state index in [1.165, 1.54) is 32.1 Å². The van der Waals surface area contributed by atoms with Crippen LogP contribution < -0.4 is 4.74 Å². The van der Waals surface area contributed by atoms with E-state index in [4.69, 9.17) is 16.3 Å². The number of hydrogen-bond donors (Lipinski definition) is 0. The third-order valence-electron chi connectivity index (χ3n) is 2.91. The second-order valence-electron chi connectivity index (χ2n) is 4.16. The monoisotopic (exact) mass is 224 g/mol. The van der Waals surface area contributed by atoms with Crippen molar-refractivity contribution < 1.29 is 4.74 Å². The molecule has 0 N–H and O–H groups in total. The largest absolute Gasteiger partial charge is 0.490 e. The van der Waals surface area contributed by atoms with Crippen LogP contribution in [0.2, 0.25) is 0 Å². The van der Waals surface area contributed by atoms with Gasteiger partial charge in [0.25, 0.3) is 0 Å². The lowest BCUT2D eigenvalue weighted by atomic mass is 9.98. The first-order chi connectivity index (χ1) is 7.38. The van der Waals surface area contributed by atoms with Gasteiger partial charge in [-0.15, -0.1) is 11.6 Å². The number of ether oxygens (including phenoxy) is 1. The van der Waals surface area contributed by atoms with Crippen molar-refractivity contribution in [2.75, 3.05) is 0 Å². The fourth-order valence-electron chi connectivity index (χ4n) is 2.08. The molecule has 0 heterocycles. The topological polar surface area (TPSA) is 9.23 Å². The summed E-state index contributed by atoms with van der Waals surface area (Å²) in [6, 6.07) is 8.10. The minimum atomic E-state index is 0.421. The van der Waals surface area contributed by atoms with Crippen molar-refractivity contribution in [3.05, 3.63) is 29.8 Å². The van der Waals surface area contributed by atoms with Gasteiger partial charge in [-0.1, -0.05) is 18.6 Å². The van der Waals surface area contributed by atoms with Gasteiger partial charge in [-0.3, -0.25) is 0 Å². The minimum Gasteiger partial charge on any atom is -0.490 e. The van der Waals surface area contributed by atoms with Gasteiger partial charge in [0.2, 0.25) is 0 Å². The van der Waals surface area contributed by atoms with Crippen molar-refractivity contribution in [2.45, 2.75) is 44.1 Å². The highest BCUT2D eigenvalue weighted by Gasteiger charge is 2.14. The first-order valence-electron chi connectivity index (χ1n) is 5.70. The molecule has 1 fully saturated rings. The molecule has 1 saturated carbocycles. The van der Waals surface area contributed by atoms with E-state index in [-0.39, 0.29) is 0 Å². The highest BCUT2D eigenvalue weighted by molar-refractivity contribution is 6.17. The molecule has 1 nitrogen and oxygen atoms in total. The summed E-state index contributed by atoms with van der Waals surface area (Å²) in [5.41, 5.74) is 1.13. The Morgan fingerprint density at radius 1 is 1.20 bits per heavy atom. The van der Waals surface area contributed by atoms with Crippen LogP contribution in [0.25, 0.3) is 0 Å². The lowest BCUT2D eigenvalue weighted by molar-refractivity contribution is 0.155. The van der Waals surface area contributed by atoms with Gasteiger partial charge < -0.3 is 4.74 Å². The van der Waals surface area contributed by atoms with Crippen LogP contribution in [0.15, 0.2) is 24.3 Å².